The van der Waals surface area contributed by atoms with Gasteiger partial charge in [-0.1, -0.05) is 11.6 Å². The van der Waals surface area contributed by atoms with Crippen molar-refractivity contribution in [3.63, 3.8) is 0 Å². The average Bonchev–Trinajstić information content (AvgIpc) is 3.17. The van der Waals surface area contributed by atoms with Gasteiger partial charge in [0.05, 0.1) is 16.1 Å². The first-order valence-electron chi connectivity index (χ1n) is 10.2. The van der Waals surface area contributed by atoms with Gasteiger partial charge in [-0.2, -0.15) is 13.2 Å². The summed E-state index contributed by atoms with van der Waals surface area (Å²) >= 11 is 6.00. The highest BCUT2D eigenvalue weighted by molar-refractivity contribution is 6.32. The minimum Gasteiger partial charge on any atom is -0.421 e. The fourth-order valence-corrected chi connectivity index (χ4v) is 3.76. The van der Waals surface area contributed by atoms with Gasteiger partial charge < -0.3 is 15.4 Å². The topological polar surface area (TPSA) is 84.5 Å². The summed E-state index contributed by atoms with van der Waals surface area (Å²) in [5.41, 5.74) is -1.88. The van der Waals surface area contributed by atoms with Crippen molar-refractivity contribution in [2.24, 2.45) is 0 Å². The zero-order valence-electron chi connectivity index (χ0n) is 18.1. The third-order valence-electron chi connectivity index (χ3n) is 5.31. The average molecular weight is 525 g/mol. The van der Waals surface area contributed by atoms with E-state index < -0.39 is 46.7 Å². The molecule has 0 unspecified atom stereocenters. The summed E-state index contributed by atoms with van der Waals surface area (Å²) in [6, 6.07) is 5.77. The molecule has 0 aliphatic carbocycles. The summed E-state index contributed by atoms with van der Waals surface area (Å²) < 4.78 is 71.9. The SMILES string of the molecule is Cc1cc(Cl)c(OC(=O)c2cc(NC(=O)c3cc(F)cc(C(F)(F)F)c3)c3c(c2)C(=O)NC3)cc1F. The normalized spacial score (nSPS) is 12.7. The number of alkyl halides is 3. The molecule has 2 N–H and O–H groups in total. The summed E-state index contributed by atoms with van der Waals surface area (Å²) in [7, 11) is 0. The second-order valence-corrected chi connectivity index (χ2v) is 8.24. The Kier molecular flexibility index (Phi) is 6.44. The van der Waals surface area contributed by atoms with Gasteiger partial charge in [-0.25, -0.2) is 13.6 Å². The number of esters is 1. The molecule has 3 aromatic rings. The Labute approximate surface area is 205 Å². The molecule has 0 saturated heterocycles. The highest BCUT2D eigenvalue weighted by Crippen LogP contribution is 2.33. The maximum Gasteiger partial charge on any atom is 0.416 e. The maximum atomic E-state index is 13.9. The molecule has 1 aliphatic rings. The van der Waals surface area contributed by atoms with Gasteiger partial charge >= 0.3 is 12.1 Å². The van der Waals surface area contributed by atoms with Gasteiger partial charge in [0.1, 0.15) is 11.6 Å². The summed E-state index contributed by atoms with van der Waals surface area (Å²) in [6.07, 6.45) is -4.89. The Balaban J connectivity index is 1.68. The largest absolute Gasteiger partial charge is 0.421 e. The lowest BCUT2D eigenvalue weighted by molar-refractivity contribution is -0.137. The third-order valence-corrected chi connectivity index (χ3v) is 5.60. The molecule has 2 amide bonds. The van der Waals surface area contributed by atoms with Crippen molar-refractivity contribution in [1.82, 2.24) is 5.32 Å². The molecule has 4 rings (SSSR count). The lowest BCUT2D eigenvalue weighted by Gasteiger charge is -2.14. The number of benzene rings is 3. The fourth-order valence-electron chi connectivity index (χ4n) is 3.50. The third kappa shape index (κ3) is 5.01. The number of hydrogen-bond acceptors (Lipinski definition) is 4. The summed E-state index contributed by atoms with van der Waals surface area (Å²) in [5, 5.41) is 4.75. The Hall–Kier alpha value is -3.99. The first-order valence-corrected chi connectivity index (χ1v) is 10.5. The van der Waals surface area contributed by atoms with Crippen molar-refractivity contribution in [2.45, 2.75) is 19.6 Å². The van der Waals surface area contributed by atoms with Crippen molar-refractivity contribution >= 4 is 35.1 Å². The van der Waals surface area contributed by atoms with Crippen LogP contribution in [0.2, 0.25) is 5.02 Å². The number of anilines is 1. The first-order chi connectivity index (χ1) is 16.8. The van der Waals surface area contributed by atoms with Gasteiger partial charge in [0, 0.05) is 35.0 Å². The molecule has 3 aromatic carbocycles. The van der Waals surface area contributed by atoms with Crippen LogP contribution in [0.1, 0.15) is 47.8 Å². The van der Waals surface area contributed by atoms with Crippen molar-refractivity contribution in [3.05, 3.63) is 92.5 Å². The number of aryl methyl sites for hydroxylation is 1. The van der Waals surface area contributed by atoms with Gasteiger partial charge in [0.2, 0.25) is 0 Å². The van der Waals surface area contributed by atoms with Crippen LogP contribution >= 0.6 is 11.6 Å². The molecule has 0 saturated carbocycles. The Morgan fingerprint density at radius 3 is 2.44 bits per heavy atom. The van der Waals surface area contributed by atoms with Gasteiger partial charge in [-0.3, -0.25) is 9.59 Å². The van der Waals surface area contributed by atoms with Crippen molar-refractivity contribution in [3.8, 4) is 5.75 Å². The van der Waals surface area contributed by atoms with Gasteiger partial charge in [-0.05, 0) is 48.9 Å². The molecule has 0 aromatic heterocycles. The lowest BCUT2D eigenvalue weighted by Crippen LogP contribution is -2.17. The van der Waals surface area contributed by atoms with E-state index in [2.05, 4.69) is 10.6 Å². The molecule has 36 heavy (non-hydrogen) atoms. The highest BCUT2D eigenvalue weighted by Gasteiger charge is 2.32. The predicted octanol–water partition coefficient (Wildman–Crippen LogP) is 5.66. The van der Waals surface area contributed by atoms with Crippen molar-refractivity contribution < 1.29 is 41.1 Å². The fraction of sp³-hybridized carbons (Fsp3) is 0.125. The Morgan fingerprint density at radius 2 is 1.75 bits per heavy atom. The molecule has 1 aliphatic heterocycles. The summed E-state index contributed by atoms with van der Waals surface area (Å²) in [5.74, 6) is -5.01. The molecular formula is C24H14ClF5N2O4. The summed E-state index contributed by atoms with van der Waals surface area (Å²) in [6.45, 7) is 1.40. The number of hydrogen-bond donors (Lipinski definition) is 2. The molecule has 0 fully saturated rings. The molecule has 0 spiro atoms. The zero-order valence-corrected chi connectivity index (χ0v) is 18.9. The first kappa shape index (κ1) is 25.1. The van der Waals surface area contributed by atoms with Gasteiger partial charge in [0.15, 0.2) is 5.75 Å². The number of nitrogens with one attached hydrogen (secondary N) is 2. The van der Waals surface area contributed by atoms with Crippen molar-refractivity contribution in [1.29, 1.82) is 0 Å². The van der Waals surface area contributed by atoms with Crippen LogP contribution in [0.3, 0.4) is 0 Å². The van der Waals surface area contributed by atoms with Crippen molar-refractivity contribution in [2.75, 3.05) is 5.32 Å². The predicted molar refractivity (Wildman–Crippen MR) is 118 cm³/mol. The monoisotopic (exact) mass is 524 g/mol. The standard InChI is InChI=1S/C24H14ClF5N2O4/c1-10-2-17(25)20(8-18(10)27)36-23(35)12-5-15-16(9-31-22(15)34)19(6-12)32-21(33)11-3-13(24(28,29)30)7-14(26)4-11/h2-8H,9H2,1H3,(H,31,34)(H,32,33). The van der Waals surface area contributed by atoms with E-state index in [0.29, 0.717) is 12.1 Å². The molecule has 12 heteroatoms. The lowest BCUT2D eigenvalue weighted by atomic mass is 10.0. The number of fused-ring (bicyclic) bond motifs is 1. The number of rotatable bonds is 4. The van der Waals surface area contributed by atoms with Crippen LogP contribution in [-0.4, -0.2) is 17.8 Å². The van der Waals surface area contributed by atoms with E-state index in [4.69, 9.17) is 16.3 Å². The van der Waals surface area contributed by atoms with Crippen LogP contribution in [-0.2, 0) is 12.7 Å². The van der Waals surface area contributed by atoms with E-state index >= 15 is 0 Å². The van der Waals surface area contributed by atoms with E-state index in [9.17, 15) is 36.3 Å². The van der Waals surface area contributed by atoms with Gasteiger partial charge in [0.25, 0.3) is 11.8 Å². The zero-order chi connectivity index (χ0) is 26.4. The molecule has 0 radical (unpaired) electrons. The smallest absolute Gasteiger partial charge is 0.416 e. The minimum absolute atomic E-state index is 0.00356. The van der Waals surface area contributed by atoms with Crippen LogP contribution in [0.4, 0.5) is 27.6 Å². The van der Waals surface area contributed by atoms with E-state index in [1.165, 1.54) is 19.1 Å². The van der Waals surface area contributed by atoms with Crippen LogP contribution in [0.15, 0.2) is 42.5 Å². The molecule has 0 bridgehead atoms. The molecule has 1 heterocycles. The van der Waals surface area contributed by atoms with E-state index in [0.717, 1.165) is 12.1 Å². The molecule has 0 atom stereocenters. The summed E-state index contributed by atoms with van der Waals surface area (Å²) in [4.78, 5) is 37.7. The van der Waals surface area contributed by atoms with E-state index in [-0.39, 0.29) is 51.3 Å². The second kappa shape index (κ2) is 9.23. The Morgan fingerprint density at radius 1 is 1.03 bits per heavy atom. The van der Waals surface area contributed by atoms with E-state index in [1.807, 2.05) is 0 Å². The maximum absolute atomic E-state index is 13.9. The number of amides is 2. The second-order valence-electron chi connectivity index (χ2n) is 7.83. The van der Waals surface area contributed by atoms with E-state index in [1.54, 1.807) is 0 Å². The van der Waals surface area contributed by atoms with Crippen LogP contribution in [0.25, 0.3) is 0 Å². The number of ether oxygens (including phenoxy) is 1. The number of carbonyl (C=O) groups is 3. The van der Waals surface area contributed by atoms with Crippen LogP contribution < -0.4 is 15.4 Å². The number of carbonyl (C=O) groups excluding carboxylic acids is 3. The highest BCUT2D eigenvalue weighted by atomic mass is 35.5. The minimum atomic E-state index is -4.89. The molecule has 186 valence electrons. The van der Waals surface area contributed by atoms with Crippen LogP contribution in [0.5, 0.6) is 5.75 Å². The number of halogens is 6. The molecule has 6 nitrogen and oxygen atoms in total. The quantitative estimate of drug-likeness (QED) is 0.262. The molecular weight excluding hydrogens is 511 g/mol. The van der Waals surface area contributed by atoms with Crippen LogP contribution in [0, 0.1) is 18.6 Å². The Bertz CT molecular complexity index is 1440. The van der Waals surface area contributed by atoms with Gasteiger partial charge in [-0.15, -0.1) is 0 Å².